The van der Waals surface area contributed by atoms with Crippen LogP contribution in [0.5, 0.6) is 0 Å². The maximum absolute atomic E-state index is 12.1. The summed E-state index contributed by atoms with van der Waals surface area (Å²) >= 11 is 3.03. The van der Waals surface area contributed by atoms with Crippen LogP contribution in [0.25, 0.3) is 6.08 Å². The molecule has 5 heteroatoms. The summed E-state index contributed by atoms with van der Waals surface area (Å²) in [6.45, 7) is 6.13. The summed E-state index contributed by atoms with van der Waals surface area (Å²) in [4.78, 5) is 18.4. The lowest BCUT2D eigenvalue weighted by Gasteiger charge is -2.02. The molecule has 1 aliphatic heterocycles. The van der Waals surface area contributed by atoms with Crippen molar-refractivity contribution in [2.45, 2.75) is 20.8 Å². The second-order valence-electron chi connectivity index (χ2n) is 5.24. The van der Waals surface area contributed by atoms with Gasteiger partial charge in [-0.15, -0.1) is 11.3 Å². The molecular weight excluding hydrogens is 312 g/mol. The number of hydrogen-bond donors (Lipinski definition) is 1. The number of carbonyl (C=O) groups is 1. The molecule has 112 valence electrons. The Hall–Kier alpha value is -1.85. The number of amidine groups is 1. The lowest BCUT2D eigenvalue weighted by molar-refractivity contribution is -0.115. The predicted octanol–water partition coefficient (Wildman–Crippen LogP) is 4.56. The highest BCUT2D eigenvalue weighted by atomic mass is 32.2. The fraction of sp³-hybridized carbons (Fsp3) is 0.176. The zero-order chi connectivity index (χ0) is 15.7. The standard InChI is InChI=1S/C17H16N2OS2/c1-10-4-5-13(12(3)8-10)18-17-19-16(20)15(22-17)9-14-11(2)6-7-21-14/h4-9H,1-3H3,(H,18,19,20)/b15-9+. The summed E-state index contributed by atoms with van der Waals surface area (Å²) in [5.41, 5.74) is 4.39. The van der Waals surface area contributed by atoms with E-state index >= 15 is 0 Å². The molecule has 1 N–H and O–H groups in total. The van der Waals surface area contributed by atoms with Crippen molar-refractivity contribution in [3.8, 4) is 0 Å². The van der Waals surface area contributed by atoms with Gasteiger partial charge in [0.05, 0.1) is 10.6 Å². The van der Waals surface area contributed by atoms with Crippen LogP contribution in [0.4, 0.5) is 5.69 Å². The molecule has 0 spiro atoms. The number of amides is 1. The van der Waals surface area contributed by atoms with Gasteiger partial charge in [0.2, 0.25) is 0 Å². The Morgan fingerprint density at radius 3 is 2.64 bits per heavy atom. The summed E-state index contributed by atoms with van der Waals surface area (Å²) in [7, 11) is 0. The van der Waals surface area contributed by atoms with E-state index < -0.39 is 0 Å². The molecule has 0 bridgehead atoms. The Morgan fingerprint density at radius 1 is 1.14 bits per heavy atom. The van der Waals surface area contributed by atoms with Gasteiger partial charge < -0.3 is 5.32 Å². The molecule has 3 nitrogen and oxygen atoms in total. The van der Waals surface area contributed by atoms with E-state index in [4.69, 9.17) is 0 Å². The van der Waals surface area contributed by atoms with Gasteiger partial charge in [-0.25, -0.2) is 4.99 Å². The number of aliphatic imine (C=N–C) groups is 1. The van der Waals surface area contributed by atoms with Crippen LogP contribution < -0.4 is 5.32 Å². The molecule has 0 aliphatic carbocycles. The molecule has 1 aromatic heterocycles. The van der Waals surface area contributed by atoms with E-state index in [1.165, 1.54) is 22.9 Å². The Labute approximate surface area is 138 Å². The highest BCUT2D eigenvalue weighted by Gasteiger charge is 2.24. The minimum Gasteiger partial charge on any atom is -0.300 e. The molecule has 1 saturated heterocycles. The van der Waals surface area contributed by atoms with Crippen LogP contribution in [0.1, 0.15) is 21.6 Å². The fourth-order valence-corrected chi connectivity index (χ4v) is 3.92. The molecule has 1 amide bonds. The number of nitrogens with zero attached hydrogens (tertiary/aromatic N) is 1. The number of rotatable bonds is 2. The van der Waals surface area contributed by atoms with Gasteiger partial charge in [0.25, 0.3) is 5.91 Å². The van der Waals surface area contributed by atoms with Gasteiger partial charge in [0, 0.05) is 4.88 Å². The van der Waals surface area contributed by atoms with Gasteiger partial charge in [0.15, 0.2) is 5.17 Å². The molecule has 1 aliphatic rings. The van der Waals surface area contributed by atoms with E-state index in [0.29, 0.717) is 10.1 Å². The highest BCUT2D eigenvalue weighted by molar-refractivity contribution is 8.18. The van der Waals surface area contributed by atoms with Gasteiger partial charge in [0.1, 0.15) is 0 Å². The average Bonchev–Trinajstić information content (AvgIpc) is 3.01. The zero-order valence-electron chi connectivity index (χ0n) is 12.6. The highest BCUT2D eigenvalue weighted by Crippen LogP contribution is 2.31. The van der Waals surface area contributed by atoms with Crippen LogP contribution in [-0.2, 0) is 4.79 Å². The van der Waals surface area contributed by atoms with E-state index in [0.717, 1.165) is 16.1 Å². The molecule has 1 fully saturated rings. The molecule has 2 heterocycles. The number of nitrogens with one attached hydrogen (secondary N) is 1. The van der Waals surface area contributed by atoms with E-state index in [9.17, 15) is 4.79 Å². The van der Waals surface area contributed by atoms with Crippen LogP contribution in [0.2, 0.25) is 0 Å². The molecule has 1 aromatic carbocycles. The number of thioether (sulfide) groups is 1. The lowest BCUT2D eigenvalue weighted by Crippen LogP contribution is -2.19. The third-order valence-corrected chi connectivity index (χ3v) is 5.26. The molecule has 3 rings (SSSR count). The molecule has 0 radical (unpaired) electrons. The molecular formula is C17H16N2OS2. The molecule has 0 unspecified atom stereocenters. The summed E-state index contributed by atoms with van der Waals surface area (Å²) in [5.74, 6) is -0.0821. The largest absolute Gasteiger partial charge is 0.300 e. The van der Waals surface area contributed by atoms with Crippen molar-refractivity contribution in [2.75, 3.05) is 0 Å². The van der Waals surface area contributed by atoms with Crippen LogP contribution >= 0.6 is 23.1 Å². The van der Waals surface area contributed by atoms with Crippen molar-refractivity contribution in [1.29, 1.82) is 0 Å². The van der Waals surface area contributed by atoms with E-state index in [1.807, 2.05) is 37.4 Å². The van der Waals surface area contributed by atoms with Crippen molar-refractivity contribution in [3.05, 3.63) is 56.1 Å². The Balaban J connectivity index is 1.87. The smallest absolute Gasteiger partial charge is 0.264 e. The van der Waals surface area contributed by atoms with Crippen molar-refractivity contribution in [2.24, 2.45) is 4.99 Å². The molecule has 0 atom stereocenters. The van der Waals surface area contributed by atoms with Gasteiger partial charge in [-0.1, -0.05) is 17.7 Å². The normalized spacial score (nSPS) is 18.2. The number of thiophene rings is 1. The van der Waals surface area contributed by atoms with Crippen molar-refractivity contribution >= 4 is 45.9 Å². The third kappa shape index (κ3) is 3.15. The molecule has 0 saturated carbocycles. The maximum atomic E-state index is 12.1. The van der Waals surface area contributed by atoms with E-state index in [2.05, 4.69) is 29.4 Å². The van der Waals surface area contributed by atoms with E-state index in [1.54, 1.807) is 11.3 Å². The van der Waals surface area contributed by atoms with Gasteiger partial charge in [-0.05, 0) is 67.2 Å². The zero-order valence-corrected chi connectivity index (χ0v) is 14.3. The Kier molecular flexibility index (Phi) is 4.18. The predicted molar refractivity (Wildman–Crippen MR) is 95.8 cm³/mol. The fourth-order valence-electron chi connectivity index (χ4n) is 2.17. The first kappa shape index (κ1) is 15.1. The average molecular weight is 328 g/mol. The van der Waals surface area contributed by atoms with Crippen LogP contribution in [-0.4, -0.2) is 11.1 Å². The second-order valence-corrected chi connectivity index (χ2v) is 7.22. The van der Waals surface area contributed by atoms with Crippen LogP contribution in [0.15, 0.2) is 39.5 Å². The number of hydrogen-bond acceptors (Lipinski definition) is 4. The minimum absolute atomic E-state index is 0.0821. The SMILES string of the molecule is Cc1ccc(N=C2NC(=O)/C(=C\c3sccc3C)S2)c(C)c1. The summed E-state index contributed by atoms with van der Waals surface area (Å²) < 4.78 is 0. The van der Waals surface area contributed by atoms with Crippen LogP contribution in [0, 0.1) is 20.8 Å². The lowest BCUT2D eigenvalue weighted by atomic mass is 10.1. The number of benzene rings is 1. The summed E-state index contributed by atoms with van der Waals surface area (Å²) in [5, 5.41) is 5.50. The number of carbonyl (C=O) groups excluding carboxylic acids is 1. The number of aryl methyl sites for hydroxylation is 3. The van der Waals surface area contributed by atoms with Gasteiger partial charge >= 0.3 is 0 Å². The minimum atomic E-state index is -0.0821. The topological polar surface area (TPSA) is 41.5 Å². The monoisotopic (exact) mass is 328 g/mol. The van der Waals surface area contributed by atoms with Crippen molar-refractivity contribution in [1.82, 2.24) is 5.32 Å². The van der Waals surface area contributed by atoms with Crippen LogP contribution in [0.3, 0.4) is 0 Å². The van der Waals surface area contributed by atoms with Crippen molar-refractivity contribution in [3.63, 3.8) is 0 Å². The first-order valence-electron chi connectivity index (χ1n) is 6.94. The van der Waals surface area contributed by atoms with Crippen molar-refractivity contribution < 1.29 is 4.79 Å². The third-order valence-electron chi connectivity index (χ3n) is 3.39. The second kappa shape index (κ2) is 6.10. The summed E-state index contributed by atoms with van der Waals surface area (Å²) in [6, 6.07) is 8.15. The first-order chi connectivity index (χ1) is 10.5. The summed E-state index contributed by atoms with van der Waals surface area (Å²) in [6.07, 6.45) is 1.94. The quantitative estimate of drug-likeness (QED) is 0.821. The first-order valence-corrected chi connectivity index (χ1v) is 8.63. The Bertz CT molecular complexity index is 803. The molecule has 2 aromatic rings. The van der Waals surface area contributed by atoms with E-state index in [-0.39, 0.29) is 5.91 Å². The van der Waals surface area contributed by atoms with Gasteiger partial charge in [-0.2, -0.15) is 0 Å². The maximum Gasteiger partial charge on any atom is 0.264 e. The Morgan fingerprint density at radius 2 is 1.95 bits per heavy atom. The molecule has 22 heavy (non-hydrogen) atoms. The van der Waals surface area contributed by atoms with Gasteiger partial charge in [-0.3, -0.25) is 4.79 Å².